The number of halogens is 2. The summed E-state index contributed by atoms with van der Waals surface area (Å²) in [6.07, 6.45) is 1.65. The minimum absolute atomic E-state index is 0.137. The molecule has 1 amide bonds. The van der Waals surface area contributed by atoms with Gasteiger partial charge in [-0.2, -0.15) is 10.1 Å². The molecule has 0 saturated carbocycles. The number of anilines is 1. The minimum Gasteiger partial charge on any atom is -0.503 e. The van der Waals surface area contributed by atoms with Crippen molar-refractivity contribution in [2.45, 2.75) is 6.92 Å². The van der Waals surface area contributed by atoms with Gasteiger partial charge in [0.1, 0.15) is 0 Å². The zero-order valence-electron chi connectivity index (χ0n) is 13.5. The van der Waals surface area contributed by atoms with Crippen molar-refractivity contribution in [2.75, 3.05) is 12.1 Å². The van der Waals surface area contributed by atoms with Crippen LogP contribution in [0.25, 0.3) is 6.08 Å². The first-order valence-electron chi connectivity index (χ1n) is 7.34. The first kappa shape index (κ1) is 17.3. The van der Waals surface area contributed by atoms with Gasteiger partial charge in [0.25, 0.3) is 5.91 Å². The van der Waals surface area contributed by atoms with E-state index in [0.717, 1.165) is 0 Å². The van der Waals surface area contributed by atoms with Gasteiger partial charge in [-0.05, 0) is 48.9 Å². The predicted octanol–water partition coefficient (Wildman–Crippen LogP) is 4.51. The number of phenolic OH excluding ortho intramolecular Hbond substituents is 1. The van der Waals surface area contributed by atoms with Crippen LogP contribution in [0.4, 0.5) is 5.69 Å². The van der Waals surface area contributed by atoms with E-state index in [2.05, 4.69) is 5.10 Å². The highest BCUT2D eigenvalue weighted by atomic mass is 35.5. The molecule has 0 aromatic heterocycles. The van der Waals surface area contributed by atoms with Crippen molar-refractivity contribution in [1.29, 1.82) is 0 Å². The maximum absolute atomic E-state index is 12.7. The molecule has 0 aliphatic carbocycles. The molecule has 0 saturated heterocycles. The zero-order valence-corrected chi connectivity index (χ0v) is 15.0. The van der Waals surface area contributed by atoms with Crippen molar-refractivity contribution in [3.8, 4) is 11.5 Å². The van der Waals surface area contributed by atoms with Crippen LogP contribution in [0.5, 0.6) is 11.5 Å². The summed E-state index contributed by atoms with van der Waals surface area (Å²) in [6.45, 7) is 1.74. The SMILES string of the molecule is COc1cc(/C=C2\C(=O)N(c3cccc(Cl)c3)N=C2C)cc(Cl)c1O. The molecular weight excluding hydrogens is 363 g/mol. The van der Waals surface area contributed by atoms with E-state index in [1.807, 2.05) is 0 Å². The minimum atomic E-state index is -0.275. The van der Waals surface area contributed by atoms with Crippen molar-refractivity contribution in [3.05, 3.63) is 57.6 Å². The number of rotatable bonds is 3. The van der Waals surface area contributed by atoms with Gasteiger partial charge in [0.05, 0.1) is 29.1 Å². The number of carbonyl (C=O) groups is 1. The third-order valence-corrected chi connectivity index (χ3v) is 4.22. The Hall–Kier alpha value is -2.50. The summed E-state index contributed by atoms with van der Waals surface area (Å²) in [7, 11) is 1.43. The van der Waals surface area contributed by atoms with E-state index in [-0.39, 0.29) is 22.4 Å². The highest BCUT2D eigenvalue weighted by Gasteiger charge is 2.29. The quantitative estimate of drug-likeness (QED) is 0.801. The van der Waals surface area contributed by atoms with E-state index in [0.29, 0.717) is 27.6 Å². The molecule has 0 atom stereocenters. The van der Waals surface area contributed by atoms with Crippen molar-refractivity contribution >= 4 is 46.6 Å². The van der Waals surface area contributed by atoms with Crippen LogP contribution < -0.4 is 9.75 Å². The topological polar surface area (TPSA) is 62.1 Å². The fraction of sp³-hybridized carbons (Fsp3) is 0.111. The molecule has 5 nitrogen and oxygen atoms in total. The monoisotopic (exact) mass is 376 g/mol. The molecule has 1 aliphatic rings. The first-order valence-corrected chi connectivity index (χ1v) is 8.10. The Morgan fingerprint density at radius 3 is 2.68 bits per heavy atom. The number of carbonyl (C=O) groups excluding carboxylic acids is 1. The molecule has 0 spiro atoms. The number of hydrogen-bond donors (Lipinski definition) is 1. The summed E-state index contributed by atoms with van der Waals surface area (Å²) in [6, 6.07) is 10.0. The summed E-state index contributed by atoms with van der Waals surface area (Å²) in [5.74, 6) is -0.191. The lowest BCUT2D eigenvalue weighted by Crippen LogP contribution is -2.21. The van der Waals surface area contributed by atoms with Crippen LogP contribution in [0.2, 0.25) is 10.0 Å². The highest BCUT2D eigenvalue weighted by Crippen LogP contribution is 2.36. The van der Waals surface area contributed by atoms with Gasteiger partial charge >= 0.3 is 0 Å². The Labute approximate surface area is 154 Å². The number of amides is 1. The van der Waals surface area contributed by atoms with E-state index in [9.17, 15) is 9.90 Å². The summed E-state index contributed by atoms with van der Waals surface area (Å²) < 4.78 is 5.08. The molecule has 2 aromatic carbocycles. The maximum Gasteiger partial charge on any atom is 0.280 e. The lowest BCUT2D eigenvalue weighted by Gasteiger charge is -2.12. The molecule has 1 heterocycles. The smallest absolute Gasteiger partial charge is 0.280 e. The van der Waals surface area contributed by atoms with Gasteiger partial charge in [0, 0.05) is 5.02 Å². The number of aromatic hydroxyl groups is 1. The second kappa shape index (κ2) is 6.78. The number of nitrogens with zero attached hydrogens (tertiary/aromatic N) is 2. The fourth-order valence-corrected chi connectivity index (χ4v) is 2.87. The van der Waals surface area contributed by atoms with Gasteiger partial charge in [-0.25, -0.2) is 0 Å². The maximum atomic E-state index is 12.7. The molecule has 25 heavy (non-hydrogen) atoms. The third kappa shape index (κ3) is 3.34. The molecule has 3 rings (SSSR count). The van der Waals surface area contributed by atoms with Crippen LogP contribution in [-0.2, 0) is 4.79 Å². The average molecular weight is 377 g/mol. The lowest BCUT2D eigenvalue weighted by molar-refractivity contribution is -0.114. The fourth-order valence-electron chi connectivity index (χ4n) is 2.47. The van der Waals surface area contributed by atoms with Crippen molar-refractivity contribution in [2.24, 2.45) is 5.10 Å². The molecule has 1 N–H and O–H groups in total. The Morgan fingerprint density at radius 2 is 2.00 bits per heavy atom. The van der Waals surface area contributed by atoms with Gasteiger partial charge in [0.2, 0.25) is 0 Å². The van der Waals surface area contributed by atoms with E-state index < -0.39 is 0 Å². The van der Waals surface area contributed by atoms with E-state index in [1.54, 1.807) is 49.4 Å². The molecule has 0 bridgehead atoms. The summed E-state index contributed by atoms with van der Waals surface area (Å²) >= 11 is 12.0. The van der Waals surface area contributed by atoms with Gasteiger partial charge < -0.3 is 9.84 Å². The van der Waals surface area contributed by atoms with Crippen molar-refractivity contribution < 1.29 is 14.6 Å². The lowest BCUT2D eigenvalue weighted by atomic mass is 10.1. The van der Waals surface area contributed by atoms with Crippen LogP contribution in [0.15, 0.2) is 47.1 Å². The summed E-state index contributed by atoms with van der Waals surface area (Å²) in [5.41, 5.74) is 2.18. The second-order valence-corrected chi connectivity index (χ2v) is 6.24. The largest absolute Gasteiger partial charge is 0.503 e. The number of phenols is 1. The van der Waals surface area contributed by atoms with Crippen molar-refractivity contribution in [1.82, 2.24) is 0 Å². The molecule has 0 unspecified atom stereocenters. The van der Waals surface area contributed by atoms with Crippen molar-refractivity contribution in [3.63, 3.8) is 0 Å². The number of hydrazone groups is 1. The first-order chi connectivity index (χ1) is 11.9. The van der Waals surface area contributed by atoms with Gasteiger partial charge in [-0.15, -0.1) is 0 Å². The van der Waals surface area contributed by atoms with Crippen LogP contribution in [0.3, 0.4) is 0 Å². The number of ether oxygens (including phenoxy) is 1. The van der Waals surface area contributed by atoms with Crippen LogP contribution in [-0.4, -0.2) is 23.8 Å². The van der Waals surface area contributed by atoms with Gasteiger partial charge in [-0.1, -0.05) is 29.3 Å². The summed E-state index contributed by atoms with van der Waals surface area (Å²) in [5, 5.41) is 16.1. The molecule has 1 aliphatic heterocycles. The Balaban J connectivity index is 1.99. The van der Waals surface area contributed by atoms with E-state index >= 15 is 0 Å². The summed E-state index contributed by atoms with van der Waals surface area (Å²) in [4.78, 5) is 12.7. The predicted molar refractivity (Wildman–Crippen MR) is 99.7 cm³/mol. The molecule has 2 aromatic rings. The van der Waals surface area contributed by atoms with Crippen LogP contribution in [0.1, 0.15) is 12.5 Å². The Morgan fingerprint density at radius 1 is 1.24 bits per heavy atom. The molecule has 7 heteroatoms. The van der Waals surface area contributed by atoms with Crippen LogP contribution >= 0.6 is 23.2 Å². The number of methoxy groups -OCH3 is 1. The number of hydrogen-bond acceptors (Lipinski definition) is 4. The standard InChI is InChI=1S/C18H14Cl2N2O3/c1-10-14(6-11-7-15(20)17(23)16(8-11)25-2)18(24)22(21-10)13-5-3-4-12(19)9-13/h3-9,23H,1-2H3/b14-6-. The molecule has 0 fully saturated rings. The second-order valence-electron chi connectivity index (χ2n) is 5.39. The number of benzene rings is 2. The van der Waals surface area contributed by atoms with E-state index in [4.69, 9.17) is 27.9 Å². The molecule has 0 radical (unpaired) electrons. The highest BCUT2D eigenvalue weighted by molar-refractivity contribution is 6.34. The zero-order chi connectivity index (χ0) is 18.1. The average Bonchev–Trinajstić information content (AvgIpc) is 2.86. The molecule has 128 valence electrons. The van der Waals surface area contributed by atoms with Gasteiger partial charge in [0.15, 0.2) is 11.5 Å². The third-order valence-electron chi connectivity index (χ3n) is 3.70. The van der Waals surface area contributed by atoms with Crippen LogP contribution in [0, 0.1) is 0 Å². The molecular formula is C18H14Cl2N2O3. The normalized spacial score (nSPS) is 15.7. The Kier molecular flexibility index (Phi) is 4.70. The van der Waals surface area contributed by atoms with E-state index in [1.165, 1.54) is 12.1 Å². The van der Waals surface area contributed by atoms with Gasteiger partial charge in [-0.3, -0.25) is 4.79 Å². The Bertz CT molecular complexity index is 923.